The maximum absolute atomic E-state index is 13.0. The summed E-state index contributed by atoms with van der Waals surface area (Å²) in [7, 11) is 0. The number of aryl methyl sites for hydroxylation is 2. The van der Waals surface area contributed by atoms with E-state index in [0.717, 1.165) is 16.8 Å². The number of hydrogen-bond acceptors (Lipinski definition) is 2. The molecule has 2 amide bonds. The molecule has 1 aromatic carbocycles. The first-order valence-corrected chi connectivity index (χ1v) is 8.18. The summed E-state index contributed by atoms with van der Waals surface area (Å²) in [6, 6.07) is 5.94. The third kappa shape index (κ3) is 1.25. The number of carbonyl (C=O) groups is 2. The summed E-state index contributed by atoms with van der Waals surface area (Å²) in [5, 5.41) is 0. The fourth-order valence-corrected chi connectivity index (χ4v) is 5.37. The summed E-state index contributed by atoms with van der Waals surface area (Å²) >= 11 is 0. The van der Waals surface area contributed by atoms with Gasteiger partial charge in [0, 0.05) is 0 Å². The molecular weight excluding hydrogens is 274 g/mol. The lowest BCUT2D eigenvalue weighted by atomic mass is 9.85. The monoisotopic (exact) mass is 293 g/mol. The normalized spacial score (nSPS) is 36.5. The number of imide groups is 1. The Morgan fingerprint density at radius 3 is 2.09 bits per heavy atom. The predicted molar refractivity (Wildman–Crippen MR) is 83.2 cm³/mol. The molecule has 0 radical (unpaired) electrons. The molecule has 3 aliphatic carbocycles. The van der Waals surface area contributed by atoms with Gasteiger partial charge in [-0.25, -0.2) is 4.90 Å². The third-order valence-corrected chi connectivity index (χ3v) is 6.45. The minimum atomic E-state index is -0.106. The third-order valence-electron chi connectivity index (χ3n) is 6.45. The second kappa shape index (κ2) is 3.70. The van der Waals surface area contributed by atoms with Gasteiger partial charge in [0.1, 0.15) is 0 Å². The molecule has 1 spiro atoms. The van der Waals surface area contributed by atoms with Gasteiger partial charge < -0.3 is 0 Å². The predicted octanol–water partition coefficient (Wildman–Crippen LogP) is 3.01. The Bertz CT molecular complexity index is 725. The lowest BCUT2D eigenvalue weighted by Crippen LogP contribution is -2.35. The zero-order valence-electron chi connectivity index (χ0n) is 12.9. The van der Waals surface area contributed by atoms with Crippen molar-refractivity contribution in [3.63, 3.8) is 0 Å². The molecule has 5 rings (SSSR count). The standard InChI is InChI=1S/C19H19NO2/c1-10-3-6-14(11(2)9-10)20-17(21)15-12-4-5-13(16(15)18(20)22)19(12)7-8-19/h3-6,9,12-13,15-16H,7-8H2,1-2H3/t12-,13-,15-,16-/m0/s1. The number of rotatable bonds is 1. The van der Waals surface area contributed by atoms with Crippen LogP contribution in [0.2, 0.25) is 0 Å². The van der Waals surface area contributed by atoms with Crippen molar-refractivity contribution < 1.29 is 9.59 Å². The van der Waals surface area contributed by atoms with E-state index in [2.05, 4.69) is 12.2 Å². The fraction of sp³-hybridized carbons (Fsp3) is 0.474. The van der Waals surface area contributed by atoms with E-state index < -0.39 is 0 Å². The van der Waals surface area contributed by atoms with Crippen LogP contribution in [0, 0.1) is 42.9 Å². The van der Waals surface area contributed by atoms with Crippen molar-refractivity contribution in [1.82, 2.24) is 0 Å². The summed E-state index contributed by atoms with van der Waals surface area (Å²) < 4.78 is 0. The molecule has 2 bridgehead atoms. The first kappa shape index (κ1) is 12.6. The van der Waals surface area contributed by atoms with Gasteiger partial charge in [0.15, 0.2) is 0 Å². The second-order valence-electron chi connectivity index (χ2n) is 7.52. The zero-order valence-corrected chi connectivity index (χ0v) is 12.9. The number of fused-ring (bicyclic) bond motifs is 3. The van der Waals surface area contributed by atoms with Crippen molar-refractivity contribution in [2.45, 2.75) is 26.7 Å². The Hall–Kier alpha value is -1.90. The minimum absolute atomic E-state index is 0.0325. The molecule has 4 atom stereocenters. The lowest BCUT2D eigenvalue weighted by Gasteiger charge is -2.23. The van der Waals surface area contributed by atoms with Gasteiger partial charge in [-0.05, 0) is 55.6 Å². The van der Waals surface area contributed by atoms with E-state index in [4.69, 9.17) is 0 Å². The van der Waals surface area contributed by atoms with Gasteiger partial charge >= 0.3 is 0 Å². The summed E-state index contributed by atoms with van der Waals surface area (Å²) in [5.74, 6) is 0.455. The van der Waals surface area contributed by atoms with Gasteiger partial charge in [-0.3, -0.25) is 9.59 Å². The van der Waals surface area contributed by atoms with Crippen LogP contribution in [0.5, 0.6) is 0 Å². The Labute approximate surface area is 130 Å². The topological polar surface area (TPSA) is 37.4 Å². The number of hydrogen-bond donors (Lipinski definition) is 0. The number of benzene rings is 1. The first-order valence-electron chi connectivity index (χ1n) is 8.18. The van der Waals surface area contributed by atoms with Crippen LogP contribution in [0.1, 0.15) is 24.0 Å². The molecule has 1 heterocycles. The number of anilines is 1. The highest BCUT2D eigenvalue weighted by Gasteiger charge is 2.73. The number of carbonyl (C=O) groups excluding carboxylic acids is 2. The maximum Gasteiger partial charge on any atom is 0.238 e. The highest BCUT2D eigenvalue weighted by molar-refractivity contribution is 6.23. The first-order chi connectivity index (χ1) is 10.5. The molecule has 22 heavy (non-hydrogen) atoms. The second-order valence-corrected chi connectivity index (χ2v) is 7.52. The molecule has 0 aromatic heterocycles. The summed E-state index contributed by atoms with van der Waals surface area (Å²) in [4.78, 5) is 27.5. The van der Waals surface area contributed by atoms with Crippen LogP contribution in [0.15, 0.2) is 30.4 Å². The van der Waals surface area contributed by atoms with E-state index in [-0.39, 0.29) is 29.1 Å². The van der Waals surface area contributed by atoms with Gasteiger partial charge in [0.25, 0.3) is 0 Å². The van der Waals surface area contributed by atoms with Crippen LogP contribution in [0.25, 0.3) is 0 Å². The van der Waals surface area contributed by atoms with E-state index in [1.165, 1.54) is 17.7 Å². The Kier molecular flexibility index (Phi) is 2.13. The van der Waals surface area contributed by atoms with Crippen molar-refractivity contribution in [3.8, 4) is 0 Å². The molecule has 1 saturated heterocycles. The smallest absolute Gasteiger partial charge is 0.238 e. The summed E-state index contributed by atoms with van der Waals surface area (Å²) in [5.41, 5.74) is 3.20. The fourth-order valence-electron chi connectivity index (χ4n) is 5.37. The van der Waals surface area contributed by atoms with E-state index in [1.54, 1.807) is 0 Å². The molecular formula is C19H19NO2. The Balaban J connectivity index is 1.59. The van der Waals surface area contributed by atoms with Crippen molar-refractivity contribution in [3.05, 3.63) is 41.5 Å². The van der Waals surface area contributed by atoms with Crippen molar-refractivity contribution in [1.29, 1.82) is 0 Å². The van der Waals surface area contributed by atoms with Crippen molar-refractivity contribution in [2.75, 3.05) is 4.90 Å². The zero-order chi connectivity index (χ0) is 15.2. The molecule has 4 aliphatic rings. The van der Waals surface area contributed by atoms with Gasteiger partial charge in [-0.1, -0.05) is 29.8 Å². The van der Waals surface area contributed by atoms with Crippen LogP contribution < -0.4 is 4.90 Å². The number of amides is 2. The average molecular weight is 293 g/mol. The molecule has 0 N–H and O–H groups in total. The maximum atomic E-state index is 13.0. The van der Waals surface area contributed by atoms with E-state index in [9.17, 15) is 9.59 Å². The number of allylic oxidation sites excluding steroid dienone is 2. The average Bonchev–Trinajstić information content (AvgIpc) is 3.07. The summed E-state index contributed by atoms with van der Waals surface area (Å²) in [6.07, 6.45) is 6.81. The van der Waals surface area contributed by atoms with E-state index in [0.29, 0.717) is 11.8 Å². The highest BCUT2D eigenvalue weighted by atomic mass is 16.2. The molecule has 1 aromatic rings. The highest BCUT2D eigenvalue weighted by Crippen LogP contribution is 2.73. The van der Waals surface area contributed by atoms with Crippen LogP contribution in [-0.4, -0.2) is 11.8 Å². The van der Waals surface area contributed by atoms with Crippen LogP contribution >= 0.6 is 0 Å². The molecule has 112 valence electrons. The van der Waals surface area contributed by atoms with Gasteiger partial charge in [-0.2, -0.15) is 0 Å². The largest absolute Gasteiger partial charge is 0.274 e. The summed E-state index contributed by atoms with van der Waals surface area (Å²) in [6.45, 7) is 4.01. The lowest BCUT2D eigenvalue weighted by molar-refractivity contribution is -0.123. The van der Waals surface area contributed by atoms with E-state index in [1.807, 2.05) is 32.0 Å². The molecule has 2 saturated carbocycles. The molecule has 3 heteroatoms. The van der Waals surface area contributed by atoms with Crippen molar-refractivity contribution in [2.24, 2.45) is 29.1 Å². The van der Waals surface area contributed by atoms with Crippen LogP contribution in [0.3, 0.4) is 0 Å². The van der Waals surface area contributed by atoms with Gasteiger partial charge in [-0.15, -0.1) is 0 Å². The van der Waals surface area contributed by atoms with Crippen molar-refractivity contribution >= 4 is 17.5 Å². The van der Waals surface area contributed by atoms with Crippen LogP contribution in [0.4, 0.5) is 5.69 Å². The molecule has 3 nitrogen and oxygen atoms in total. The molecule has 0 unspecified atom stereocenters. The van der Waals surface area contributed by atoms with Gasteiger partial charge in [0.05, 0.1) is 17.5 Å². The molecule has 1 aliphatic heterocycles. The Morgan fingerprint density at radius 1 is 1.00 bits per heavy atom. The van der Waals surface area contributed by atoms with Crippen LogP contribution in [-0.2, 0) is 9.59 Å². The quantitative estimate of drug-likeness (QED) is 0.589. The van der Waals surface area contributed by atoms with E-state index >= 15 is 0 Å². The minimum Gasteiger partial charge on any atom is -0.274 e. The van der Waals surface area contributed by atoms with Gasteiger partial charge in [0.2, 0.25) is 11.8 Å². The molecule has 3 fully saturated rings. The SMILES string of the molecule is Cc1ccc(N2C(=O)[C@@H]3[C@@H](C2=O)[C@@H]2C=C[C@@H]3C23CC3)c(C)c1. The Morgan fingerprint density at radius 2 is 1.59 bits per heavy atom. The number of nitrogens with zero attached hydrogens (tertiary/aromatic N) is 1.